The fourth-order valence-corrected chi connectivity index (χ4v) is 1.62. The molecule has 0 aliphatic rings. The van der Waals surface area contributed by atoms with E-state index in [0.717, 1.165) is 0 Å². The second kappa shape index (κ2) is 6.85. The van der Waals surface area contributed by atoms with Gasteiger partial charge in [-0.1, -0.05) is 48.5 Å². The van der Waals surface area contributed by atoms with Gasteiger partial charge in [-0.15, -0.1) is 0 Å². The summed E-state index contributed by atoms with van der Waals surface area (Å²) >= 11 is 0. The topological polar surface area (TPSA) is 90.8 Å². The van der Waals surface area contributed by atoms with Crippen LogP contribution in [0.25, 0.3) is 0 Å². The van der Waals surface area contributed by atoms with E-state index in [4.69, 9.17) is 5.11 Å². The molecule has 2 amide bonds. The van der Waals surface area contributed by atoms with Gasteiger partial charge >= 0.3 is 12.0 Å². The quantitative estimate of drug-likeness (QED) is 0.594. The van der Waals surface area contributed by atoms with Gasteiger partial charge in [0.15, 0.2) is 5.71 Å². The number of hydrogen-bond acceptors (Lipinski definition) is 3. The molecule has 0 radical (unpaired) electrons. The molecule has 3 N–H and O–H groups in total. The Hall–Kier alpha value is -3.15. The van der Waals surface area contributed by atoms with Crippen molar-refractivity contribution in [3.05, 3.63) is 66.2 Å². The second-order valence-corrected chi connectivity index (χ2v) is 4.06. The van der Waals surface area contributed by atoms with Gasteiger partial charge in [-0.05, 0) is 12.1 Å². The molecule has 0 saturated heterocycles. The molecule has 0 bridgehead atoms. The standard InChI is InChI=1S/C15H13N3O3/c19-14(20)13(11-7-3-1-4-8-11)17-18-15(21)16-12-9-5-2-6-10-12/h1-10H,(H,19,20)(H2,16,18,21). The summed E-state index contributed by atoms with van der Waals surface area (Å²) in [5.41, 5.74) is 2.92. The van der Waals surface area contributed by atoms with Crippen molar-refractivity contribution in [2.45, 2.75) is 0 Å². The van der Waals surface area contributed by atoms with E-state index in [1.54, 1.807) is 54.6 Å². The molecule has 0 unspecified atom stereocenters. The molecule has 106 valence electrons. The number of rotatable bonds is 4. The maximum absolute atomic E-state index is 11.6. The number of carboxylic acid groups (broad SMARTS) is 1. The van der Waals surface area contributed by atoms with Crippen molar-refractivity contribution in [1.82, 2.24) is 5.43 Å². The lowest BCUT2D eigenvalue weighted by Gasteiger charge is -2.05. The molecule has 0 aromatic heterocycles. The largest absolute Gasteiger partial charge is 0.476 e. The normalized spacial score (nSPS) is 10.8. The number of carbonyl (C=O) groups excluding carboxylic acids is 1. The Bertz CT molecular complexity index is 654. The molecule has 0 atom stereocenters. The van der Waals surface area contributed by atoms with E-state index >= 15 is 0 Å². The van der Waals surface area contributed by atoms with Gasteiger partial charge in [0, 0.05) is 11.3 Å². The Balaban J connectivity index is 2.07. The number of nitrogens with zero attached hydrogens (tertiary/aromatic N) is 1. The molecule has 2 aromatic rings. The molecule has 6 heteroatoms. The molecule has 0 heterocycles. The predicted molar refractivity (Wildman–Crippen MR) is 79.2 cm³/mol. The maximum atomic E-state index is 11.6. The first kappa shape index (κ1) is 14.3. The first-order chi connectivity index (χ1) is 10.2. The summed E-state index contributed by atoms with van der Waals surface area (Å²) in [4.78, 5) is 22.8. The summed E-state index contributed by atoms with van der Waals surface area (Å²) in [6.07, 6.45) is 0. The van der Waals surface area contributed by atoms with Crippen LogP contribution in [0.3, 0.4) is 0 Å². The molecule has 0 saturated carbocycles. The van der Waals surface area contributed by atoms with Crippen LogP contribution in [0.1, 0.15) is 5.56 Å². The van der Waals surface area contributed by atoms with Gasteiger partial charge in [-0.3, -0.25) is 0 Å². The van der Waals surface area contributed by atoms with Crippen LogP contribution < -0.4 is 10.7 Å². The molecular formula is C15H13N3O3. The van der Waals surface area contributed by atoms with Crippen LogP contribution in [0.15, 0.2) is 65.8 Å². The molecule has 2 rings (SSSR count). The molecule has 2 aromatic carbocycles. The van der Waals surface area contributed by atoms with E-state index in [-0.39, 0.29) is 5.71 Å². The van der Waals surface area contributed by atoms with Gasteiger partial charge < -0.3 is 10.4 Å². The van der Waals surface area contributed by atoms with Crippen LogP contribution in [0.4, 0.5) is 10.5 Å². The van der Waals surface area contributed by atoms with Crippen LogP contribution in [0.2, 0.25) is 0 Å². The van der Waals surface area contributed by atoms with Crippen molar-refractivity contribution < 1.29 is 14.7 Å². The summed E-state index contributed by atoms with van der Waals surface area (Å²) in [7, 11) is 0. The number of anilines is 1. The van der Waals surface area contributed by atoms with Crippen LogP contribution in [-0.2, 0) is 4.79 Å². The monoisotopic (exact) mass is 283 g/mol. The molecule has 0 spiro atoms. The van der Waals surface area contributed by atoms with E-state index in [1.165, 1.54) is 0 Å². The highest BCUT2D eigenvalue weighted by Crippen LogP contribution is 2.04. The predicted octanol–water partition coefficient (Wildman–Crippen LogP) is 2.30. The Morgan fingerprint density at radius 3 is 2.05 bits per heavy atom. The van der Waals surface area contributed by atoms with Crippen molar-refractivity contribution >= 4 is 23.4 Å². The van der Waals surface area contributed by atoms with Gasteiger partial charge in [-0.2, -0.15) is 5.10 Å². The van der Waals surface area contributed by atoms with Crippen molar-refractivity contribution in [3.63, 3.8) is 0 Å². The Labute approximate surface area is 121 Å². The number of aliphatic carboxylic acids is 1. The van der Waals surface area contributed by atoms with E-state index in [1.807, 2.05) is 6.07 Å². The average molecular weight is 283 g/mol. The van der Waals surface area contributed by atoms with Gasteiger partial charge in [0.25, 0.3) is 0 Å². The SMILES string of the molecule is O=C(NN=C(C(=O)O)c1ccccc1)Nc1ccccc1. The molecular weight excluding hydrogens is 270 g/mol. The summed E-state index contributed by atoms with van der Waals surface area (Å²) in [5.74, 6) is -1.22. The molecule has 0 aliphatic carbocycles. The number of amides is 2. The van der Waals surface area contributed by atoms with E-state index < -0.39 is 12.0 Å². The summed E-state index contributed by atoms with van der Waals surface area (Å²) in [6.45, 7) is 0. The van der Waals surface area contributed by atoms with Crippen LogP contribution in [0, 0.1) is 0 Å². The highest BCUT2D eigenvalue weighted by molar-refractivity contribution is 6.42. The third kappa shape index (κ3) is 4.17. The lowest BCUT2D eigenvalue weighted by molar-refractivity contribution is -0.129. The zero-order chi connectivity index (χ0) is 15.1. The minimum Gasteiger partial charge on any atom is -0.476 e. The molecule has 0 aliphatic heterocycles. The number of carboxylic acids is 1. The number of carbonyl (C=O) groups is 2. The highest BCUT2D eigenvalue weighted by atomic mass is 16.4. The lowest BCUT2D eigenvalue weighted by atomic mass is 10.1. The number of benzene rings is 2. The van der Waals surface area contributed by atoms with Gasteiger partial charge in [0.05, 0.1) is 0 Å². The minimum absolute atomic E-state index is 0.237. The maximum Gasteiger partial charge on any atom is 0.356 e. The Morgan fingerprint density at radius 1 is 0.905 bits per heavy atom. The molecule has 0 fully saturated rings. The van der Waals surface area contributed by atoms with Crippen LogP contribution in [-0.4, -0.2) is 22.8 Å². The summed E-state index contributed by atoms with van der Waals surface area (Å²) < 4.78 is 0. The number of para-hydroxylation sites is 1. The second-order valence-electron chi connectivity index (χ2n) is 4.06. The zero-order valence-electron chi connectivity index (χ0n) is 11.0. The molecule has 21 heavy (non-hydrogen) atoms. The Kier molecular flexibility index (Phi) is 4.66. The van der Waals surface area contributed by atoms with E-state index in [0.29, 0.717) is 11.3 Å². The zero-order valence-corrected chi connectivity index (χ0v) is 11.0. The van der Waals surface area contributed by atoms with Crippen molar-refractivity contribution in [2.75, 3.05) is 5.32 Å². The van der Waals surface area contributed by atoms with Gasteiger partial charge in [-0.25, -0.2) is 15.0 Å². The van der Waals surface area contributed by atoms with Crippen LogP contribution in [0.5, 0.6) is 0 Å². The van der Waals surface area contributed by atoms with E-state index in [2.05, 4.69) is 15.8 Å². The third-order valence-electron chi connectivity index (χ3n) is 2.55. The minimum atomic E-state index is -1.22. The van der Waals surface area contributed by atoms with E-state index in [9.17, 15) is 9.59 Å². The number of urea groups is 1. The molecule has 6 nitrogen and oxygen atoms in total. The van der Waals surface area contributed by atoms with Gasteiger partial charge in [0.2, 0.25) is 0 Å². The van der Waals surface area contributed by atoms with Crippen LogP contribution >= 0.6 is 0 Å². The highest BCUT2D eigenvalue weighted by Gasteiger charge is 2.12. The van der Waals surface area contributed by atoms with Crippen molar-refractivity contribution in [2.24, 2.45) is 5.10 Å². The first-order valence-electron chi connectivity index (χ1n) is 6.15. The lowest BCUT2D eigenvalue weighted by Crippen LogP contribution is -2.27. The smallest absolute Gasteiger partial charge is 0.356 e. The van der Waals surface area contributed by atoms with Gasteiger partial charge in [0.1, 0.15) is 0 Å². The fourth-order valence-electron chi connectivity index (χ4n) is 1.62. The average Bonchev–Trinajstić information content (AvgIpc) is 2.49. The third-order valence-corrected chi connectivity index (χ3v) is 2.55. The number of hydrazone groups is 1. The summed E-state index contributed by atoms with van der Waals surface area (Å²) in [5, 5.41) is 15.3. The summed E-state index contributed by atoms with van der Waals surface area (Å²) in [6, 6.07) is 16.5. The number of hydrogen-bond donors (Lipinski definition) is 3. The first-order valence-corrected chi connectivity index (χ1v) is 6.15. The van der Waals surface area contributed by atoms with Crippen molar-refractivity contribution in [1.29, 1.82) is 0 Å². The van der Waals surface area contributed by atoms with Crippen molar-refractivity contribution in [3.8, 4) is 0 Å². The Morgan fingerprint density at radius 2 is 1.48 bits per heavy atom. The number of nitrogens with one attached hydrogen (secondary N) is 2. The fraction of sp³-hybridized carbons (Fsp3) is 0.